The molecular weight excluding hydrogens is 271 g/mol. The molecule has 1 N–H and O–H groups in total. The zero-order chi connectivity index (χ0) is 14.1. The molecular formula is C14H20F3NS. The molecule has 0 fully saturated rings. The van der Waals surface area contributed by atoms with E-state index < -0.39 is 12.6 Å². The van der Waals surface area contributed by atoms with Gasteiger partial charge in [0.05, 0.1) is 0 Å². The van der Waals surface area contributed by atoms with Gasteiger partial charge in [0, 0.05) is 23.1 Å². The second kappa shape index (κ2) is 8.48. The summed E-state index contributed by atoms with van der Waals surface area (Å²) < 4.78 is 36.4. The predicted octanol–water partition coefficient (Wildman–Crippen LogP) is 4.49. The molecule has 0 radical (unpaired) electrons. The lowest BCUT2D eigenvalue weighted by Gasteiger charge is -2.18. The molecule has 0 aliphatic heterocycles. The summed E-state index contributed by atoms with van der Waals surface area (Å²) in [5.41, 5.74) is 0. The fraction of sp³-hybridized carbons (Fsp3) is 0.571. The molecule has 0 spiro atoms. The van der Waals surface area contributed by atoms with Crippen LogP contribution in [0.1, 0.15) is 26.2 Å². The van der Waals surface area contributed by atoms with Gasteiger partial charge < -0.3 is 5.32 Å². The van der Waals surface area contributed by atoms with Crippen molar-refractivity contribution in [1.29, 1.82) is 0 Å². The fourth-order valence-electron chi connectivity index (χ4n) is 1.80. The Morgan fingerprint density at radius 3 is 2.47 bits per heavy atom. The minimum atomic E-state index is -4.04. The van der Waals surface area contributed by atoms with E-state index in [0.717, 1.165) is 17.2 Å². The Labute approximate surface area is 117 Å². The number of halogens is 3. The van der Waals surface area contributed by atoms with E-state index in [1.807, 2.05) is 37.3 Å². The maximum absolute atomic E-state index is 12.1. The van der Waals surface area contributed by atoms with Crippen LogP contribution in [0.25, 0.3) is 0 Å². The SMILES string of the molecule is CCNC(CCCC(F)(F)F)CSc1ccccc1. The minimum absolute atomic E-state index is 0.137. The van der Waals surface area contributed by atoms with Crippen molar-refractivity contribution in [2.24, 2.45) is 0 Å². The molecule has 0 aliphatic carbocycles. The highest BCUT2D eigenvalue weighted by Gasteiger charge is 2.26. The zero-order valence-electron chi connectivity index (χ0n) is 11.0. The van der Waals surface area contributed by atoms with Gasteiger partial charge in [-0.25, -0.2) is 0 Å². The third-order valence-electron chi connectivity index (χ3n) is 2.70. The molecule has 1 atom stereocenters. The molecule has 0 aliphatic rings. The third-order valence-corrected chi connectivity index (χ3v) is 3.87. The van der Waals surface area contributed by atoms with Crippen LogP contribution in [-0.4, -0.2) is 24.5 Å². The summed E-state index contributed by atoms with van der Waals surface area (Å²) in [6.07, 6.45) is -3.97. The molecule has 108 valence electrons. The first-order chi connectivity index (χ1) is 9.01. The van der Waals surface area contributed by atoms with Gasteiger partial charge in [-0.05, 0) is 31.5 Å². The van der Waals surface area contributed by atoms with E-state index in [1.54, 1.807) is 11.8 Å². The van der Waals surface area contributed by atoms with Crippen molar-refractivity contribution in [3.63, 3.8) is 0 Å². The maximum Gasteiger partial charge on any atom is 0.389 e. The topological polar surface area (TPSA) is 12.0 Å². The second-order valence-corrected chi connectivity index (χ2v) is 5.48. The van der Waals surface area contributed by atoms with E-state index in [-0.39, 0.29) is 12.5 Å². The number of alkyl halides is 3. The Hall–Kier alpha value is -0.680. The number of benzene rings is 1. The monoisotopic (exact) mass is 291 g/mol. The number of nitrogens with one attached hydrogen (secondary N) is 1. The van der Waals surface area contributed by atoms with Gasteiger partial charge in [-0.15, -0.1) is 11.8 Å². The van der Waals surface area contributed by atoms with Gasteiger partial charge in [-0.2, -0.15) is 13.2 Å². The zero-order valence-corrected chi connectivity index (χ0v) is 11.9. The van der Waals surface area contributed by atoms with Crippen LogP contribution in [-0.2, 0) is 0 Å². The highest BCUT2D eigenvalue weighted by atomic mass is 32.2. The molecule has 5 heteroatoms. The lowest BCUT2D eigenvalue weighted by Crippen LogP contribution is -2.31. The standard InChI is InChI=1S/C14H20F3NS/c1-2-18-12(7-6-10-14(15,16)17)11-19-13-8-4-3-5-9-13/h3-5,8-9,12,18H,2,6-7,10-11H2,1H3. The quantitative estimate of drug-likeness (QED) is 0.708. The molecule has 0 saturated carbocycles. The molecule has 1 rings (SSSR count). The van der Waals surface area contributed by atoms with Gasteiger partial charge in [0.2, 0.25) is 0 Å². The van der Waals surface area contributed by atoms with E-state index in [1.165, 1.54) is 0 Å². The average molecular weight is 291 g/mol. The Bertz CT molecular complexity index is 340. The van der Waals surface area contributed by atoms with Crippen molar-refractivity contribution in [3.05, 3.63) is 30.3 Å². The van der Waals surface area contributed by atoms with Crippen LogP contribution in [0, 0.1) is 0 Å². The van der Waals surface area contributed by atoms with E-state index in [0.29, 0.717) is 6.42 Å². The summed E-state index contributed by atoms with van der Waals surface area (Å²) in [5.74, 6) is 0.801. The van der Waals surface area contributed by atoms with E-state index in [2.05, 4.69) is 5.32 Å². The fourth-order valence-corrected chi connectivity index (χ4v) is 2.82. The number of hydrogen-bond acceptors (Lipinski definition) is 2. The first-order valence-electron chi connectivity index (χ1n) is 6.49. The van der Waals surface area contributed by atoms with Crippen molar-refractivity contribution in [2.45, 2.75) is 43.3 Å². The Morgan fingerprint density at radius 1 is 1.21 bits per heavy atom. The largest absolute Gasteiger partial charge is 0.389 e. The second-order valence-electron chi connectivity index (χ2n) is 4.39. The predicted molar refractivity (Wildman–Crippen MR) is 74.5 cm³/mol. The van der Waals surface area contributed by atoms with Crippen LogP contribution in [0.3, 0.4) is 0 Å². The van der Waals surface area contributed by atoms with Gasteiger partial charge in [-0.1, -0.05) is 25.1 Å². The summed E-state index contributed by atoms with van der Waals surface area (Å²) >= 11 is 1.68. The summed E-state index contributed by atoms with van der Waals surface area (Å²) in [7, 11) is 0. The molecule has 0 heterocycles. The number of rotatable bonds is 8. The van der Waals surface area contributed by atoms with Crippen LogP contribution >= 0.6 is 11.8 Å². The van der Waals surface area contributed by atoms with Crippen LogP contribution < -0.4 is 5.32 Å². The van der Waals surface area contributed by atoms with Crippen LogP contribution in [0.4, 0.5) is 13.2 Å². The van der Waals surface area contributed by atoms with Crippen LogP contribution in [0.2, 0.25) is 0 Å². The van der Waals surface area contributed by atoms with E-state index in [4.69, 9.17) is 0 Å². The molecule has 0 amide bonds. The summed E-state index contributed by atoms with van der Waals surface area (Å²) in [6.45, 7) is 2.76. The van der Waals surface area contributed by atoms with Crippen molar-refractivity contribution in [3.8, 4) is 0 Å². The van der Waals surface area contributed by atoms with Crippen LogP contribution in [0.5, 0.6) is 0 Å². The Kier molecular flexibility index (Phi) is 7.31. The van der Waals surface area contributed by atoms with Gasteiger partial charge >= 0.3 is 6.18 Å². The first-order valence-corrected chi connectivity index (χ1v) is 7.48. The highest BCUT2D eigenvalue weighted by molar-refractivity contribution is 7.99. The van der Waals surface area contributed by atoms with Crippen molar-refractivity contribution >= 4 is 11.8 Å². The normalized spacial score (nSPS) is 13.5. The van der Waals surface area contributed by atoms with Crippen molar-refractivity contribution < 1.29 is 13.2 Å². The molecule has 19 heavy (non-hydrogen) atoms. The molecule has 1 unspecified atom stereocenters. The molecule has 0 bridgehead atoms. The van der Waals surface area contributed by atoms with E-state index >= 15 is 0 Å². The Morgan fingerprint density at radius 2 is 1.89 bits per heavy atom. The minimum Gasteiger partial charge on any atom is -0.313 e. The first kappa shape index (κ1) is 16.4. The number of hydrogen-bond donors (Lipinski definition) is 1. The molecule has 1 aromatic rings. The lowest BCUT2D eigenvalue weighted by molar-refractivity contribution is -0.135. The highest BCUT2D eigenvalue weighted by Crippen LogP contribution is 2.24. The van der Waals surface area contributed by atoms with Crippen molar-refractivity contribution in [1.82, 2.24) is 5.32 Å². The maximum atomic E-state index is 12.1. The molecule has 1 aromatic carbocycles. The summed E-state index contributed by atoms with van der Waals surface area (Å²) in [6, 6.07) is 10.1. The number of thioether (sulfide) groups is 1. The third kappa shape index (κ3) is 8.16. The van der Waals surface area contributed by atoms with Crippen molar-refractivity contribution in [2.75, 3.05) is 12.3 Å². The summed E-state index contributed by atoms with van der Waals surface area (Å²) in [4.78, 5) is 1.15. The molecule has 0 saturated heterocycles. The van der Waals surface area contributed by atoms with Gasteiger partial charge in [0.1, 0.15) is 0 Å². The summed E-state index contributed by atoms with van der Waals surface area (Å²) in [5, 5.41) is 3.25. The average Bonchev–Trinajstić information content (AvgIpc) is 2.36. The smallest absolute Gasteiger partial charge is 0.313 e. The van der Waals surface area contributed by atoms with Crippen LogP contribution in [0.15, 0.2) is 35.2 Å². The Balaban J connectivity index is 2.32. The lowest BCUT2D eigenvalue weighted by atomic mass is 10.1. The van der Waals surface area contributed by atoms with E-state index in [9.17, 15) is 13.2 Å². The van der Waals surface area contributed by atoms with Gasteiger partial charge in [0.15, 0.2) is 0 Å². The van der Waals surface area contributed by atoms with Gasteiger partial charge in [0.25, 0.3) is 0 Å². The molecule has 1 nitrogen and oxygen atoms in total. The molecule has 0 aromatic heterocycles. The van der Waals surface area contributed by atoms with Gasteiger partial charge in [-0.3, -0.25) is 0 Å².